The van der Waals surface area contributed by atoms with E-state index in [-0.39, 0.29) is 18.3 Å². The number of carbonyl (C=O) groups is 1. The Bertz CT molecular complexity index is 377. The Labute approximate surface area is 105 Å². The summed E-state index contributed by atoms with van der Waals surface area (Å²) in [6, 6.07) is 5.19. The number of rotatable bonds is 5. The van der Waals surface area contributed by atoms with Gasteiger partial charge in [0.25, 0.3) is 0 Å². The molecule has 0 aliphatic carbocycles. The second-order valence-corrected chi connectivity index (χ2v) is 4.60. The molecule has 0 heterocycles. The maximum atomic E-state index is 11.3. The predicted molar refractivity (Wildman–Crippen MR) is 66.0 cm³/mol. The van der Waals surface area contributed by atoms with E-state index in [9.17, 15) is 4.79 Å². The minimum absolute atomic E-state index is 0.00241. The number of carbonyl (C=O) groups excluding carboxylic acids is 1. The van der Waals surface area contributed by atoms with Crippen molar-refractivity contribution in [2.45, 2.75) is 19.8 Å². The molecule has 1 atom stereocenters. The smallest absolute Gasteiger partial charge is 0.133 e. The van der Waals surface area contributed by atoms with Crippen molar-refractivity contribution in [1.29, 1.82) is 0 Å². The van der Waals surface area contributed by atoms with Crippen molar-refractivity contribution in [3.05, 3.63) is 33.8 Å². The van der Waals surface area contributed by atoms with Crippen molar-refractivity contribution in [3.63, 3.8) is 0 Å². The van der Waals surface area contributed by atoms with Crippen molar-refractivity contribution >= 4 is 29.0 Å². The molecule has 1 rings (SSSR count). The maximum Gasteiger partial charge on any atom is 0.133 e. The van der Waals surface area contributed by atoms with E-state index in [0.717, 1.165) is 5.56 Å². The van der Waals surface area contributed by atoms with Gasteiger partial charge in [-0.15, -0.1) is 0 Å². The number of halogens is 2. The van der Waals surface area contributed by atoms with Crippen molar-refractivity contribution in [3.8, 4) is 0 Å². The van der Waals surface area contributed by atoms with Crippen LogP contribution in [-0.2, 0) is 11.2 Å². The zero-order valence-corrected chi connectivity index (χ0v) is 10.6. The van der Waals surface area contributed by atoms with Crippen molar-refractivity contribution < 1.29 is 9.90 Å². The Morgan fingerprint density at radius 1 is 1.44 bits per heavy atom. The molecule has 0 bridgehead atoms. The molecule has 0 fully saturated rings. The average molecular weight is 261 g/mol. The van der Waals surface area contributed by atoms with Gasteiger partial charge in [-0.25, -0.2) is 0 Å². The van der Waals surface area contributed by atoms with Crippen molar-refractivity contribution in [2.24, 2.45) is 5.92 Å². The first-order valence-electron chi connectivity index (χ1n) is 5.10. The molecule has 1 N–H and O–H groups in total. The van der Waals surface area contributed by atoms with Crippen molar-refractivity contribution in [1.82, 2.24) is 0 Å². The lowest BCUT2D eigenvalue weighted by molar-refractivity contribution is -0.121. The van der Waals surface area contributed by atoms with E-state index >= 15 is 0 Å². The van der Waals surface area contributed by atoms with Crippen LogP contribution in [0.1, 0.15) is 18.9 Å². The zero-order valence-electron chi connectivity index (χ0n) is 9.04. The first-order chi connectivity index (χ1) is 7.54. The lowest BCUT2D eigenvalue weighted by Gasteiger charge is -2.13. The van der Waals surface area contributed by atoms with Crippen LogP contribution in [0, 0.1) is 5.92 Å². The van der Waals surface area contributed by atoms with Crippen LogP contribution in [0.4, 0.5) is 0 Å². The number of Topliss-reactive ketones (excluding diaryl/α,β-unsaturated/α-hetero) is 1. The summed E-state index contributed by atoms with van der Waals surface area (Å²) in [6.07, 6.45) is 0.980. The molecule has 1 aromatic rings. The van der Waals surface area contributed by atoms with Crippen molar-refractivity contribution in [2.75, 3.05) is 6.61 Å². The van der Waals surface area contributed by atoms with Gasteiger partial charge < -0.3 is 5.11 Å². The van der Waals surface area contributed by atoms with Gasteiger partial charge in [0, 0.05) is 22.6 Å². The fourth-order valence-corrected chi connectivity index (χ4v) is 1.96. The van der Waals surface area contributed by atoms with E-state index in [4.69, 9.17) is 28.3 Å². The molecule has 0 saturated carbocycles. The molecular formula is C12H14Cl2O2. The van der Waals surface area contributed by atoms with Crippen LogP contribution in [-0.4, -0.2) is 17.5 Å². The van der Waals surface area contributed by atoms with Crippen LogP contribution in [0.2, 0.25) is 10.0 Å². The van der Waals surface area contributed by atoms with Crippen LogP contribution in [0.3, 0.4) is 0 Å². The standard InChI is InChI=1S/C12H14Cl2O2/c1-8(16)9(4-5-15)6-10-7-11(13)2-3-12(10)14/h2-3,7,9,15H,4-6H2,1H3. The molecule has 0 aliphatic rings. The summed E-state index contributed by atoms with van der Waals surface area (Å²) in [6.45, 7) is 1.53. The summed E-state index contributed by atoms with van der Waals surface area (Å²) in [7, 11) is 0. The highest BCUT2D eigenvalue weighted by atomic mass is 35.5. The minimum Gasteiger partial charge on any atom is -0.396 e. The highest BCUT2D eigenvalue weighted by Gasteiger charge is 2.16. The summed E-state index contributed by atoms with van der Waals surface area (Å²) in [4.78, 5) is 11.3. The van der Waals surface area contributed by atoms with Crippen LogP contribution < -0.4 is 0 Å². The molecule has 88 valence electrons. The van der Waals surface area contributed by atoms with Gasteiger partial charge in [-0.3, -0.25) is 4.79 Å². The molecule has 4 heteroatoms. The monoisotopic (exact) mass is 260 g/mol. The summed E-state index contributed by atoms with van der Waals surface area (Å²) >= 11 is 11.9. The molecule has 0 saturated heterocycles. The Morgan fingerprint density at radius 3 is 2.69 bits per heavy atom. The van der Waals surface area contributed by atoms with Crippen LogP contribution >= 0.6 is 23.2 Å². The topological polar surface area (TPSA) is 37.3 Å². The molecular weight excluding hydrogens is 247 g/mol. The number of ketones is 1. The SMILES string of the molecule is CC(=O)C(CCO)Cc1cc(Cl)ccc1Cl. The number of benzene rings is 1. The third kappa shape index (κ3) is 3.78. The number of aliphatic hydroxyl groups is 1. The maximum absolute atomic E-state index is 11.3. The lowest BCUT2D eigenvalue weighted by Crippen LogP contribution is -2.15. The largest absolute Gasteiger partial charge is 0.396 e. The third-order valence-corrected chi connectivity index (χ3v) is 3.13. The summed E-state index contributed by atoms with van der Waals surface area (Å²) in [5, 5.41) is 10.1. The van der Waals surface area contributed by atoms with E-state index in [1.54, 1.807) is 18.2 Å². The van der Waals surface area contributed by atoms with Gasteiger partial charge in [0.1, 0.15) is 5.78 Å². The Kier molecular flexibility index (Phi) is 5.26. The summed E-state index contributed by atoms with van der Waals surface area (Å²) in [5.74, 6) is -0.133. The van der Waals surface area contributed by atoms with E-state index in [2.05, 4.69) is 0 Å². The molecule has 0 amide bonds. The van der Waals surface area contributed by atoms with Crippen LogP contribution in [0.15, 0.2) is 18.2 Å². The normalized spacial score (nSPS) is 12.5. The highest BCUT2D eigenvalue weighted by Crippen LogP contribution is 2.24. The van der Waals surface area contributed by atoms with E-state index in [0.29, 0.717) is 22.9 Å². The highest BCUT2D eigenvalue weighted by molar-refractivity contribution is 6.33. The number of aliphatic hydroxyl groups excluding tert-OH is 1. The van der Waals surface area contributed by atoms with Gasteiger partial charge in [-0.05, 0) is 43.5 Å². The Morgan fingerprint density at radius 2 is 2.12 bits per heavy atom. The number of hydrogen-bond donors (Lipinski definition) is 1. The molecule has 0 radical (unpaired) electrons. The fourth-order valence-electron chi connectivity index (χ4n) is 1.57. The Hall–Kier alpha value is -0.570. The van der Waals surface area contributed by atoms with Gasteiger partial charge in [0.05, 0.1) is 0 Å². The van der Waals surface area contributed by atoms with Gasteiger partial charge >= 0.3 is 0 Å². The molecule has 2 nitrogen and oxygen atoms in total. The Balaban J connectivity index is 2.84. The minimum atomic E-state index is -0.194. The predicted octanol–water partition coefficient (Wildman–Crippen LogP) is 3.12. The van der Waals surface area contributed by atoms with E-state index < -0.39 is 0 Å². The van der Waals surface area contributed by atoms with Crippen LogP contribution in [0.25, 0.3) is 0 Å². The number of hydrogen-bond acceptors (Lipinski definition) is 2. The quantitative estimate of drug-likeness (QED) is 0.884. The molecule has 0 aliphatic heterocycles. The van der Waals surface area contributed by atoms with Crippen LogP contribution in [0.5, 0.6) is 0 Å². The van der Waals surface area contributed by atoms with E-state index in [1.165, 1.54) is 6.92 Å². The fraction of sp³-hybridized carbons (Fsp3) is 0.417. The third-order valence-electron chi connectivity index (χ3n) is 2.53. The summed E-state index contributed by atoms with van der Waals surface area (Å²) < 4.78 is 0. The molecule has 16 heavy (non-hydrogen) atoms. The van der Waals surface area contributed by atoms with Gasteiger partial charge in [0.15, 0.2) is 0 Å². The molecule has 1 aromatic carbocycles. The van der Waals surface area contributed by atoms with E-state index in [1.807, 2.05) is 0 Å². The zero-order chi connectivity index (χ0) is 12.1. The summed E-state index contributed by atoms with van der Waals surface area (Å²) in [5.41, 5.74) is 0.850. The molecule has 0 spiro atoms. The average Bonchev–Trinajstić information content (AvgIpc) is 2.22. The van der Waals surface area contributed by atoms with Gasteiger partial charge in [0.2, 0.25) is 0 Å². The second-order valence-electron chi connectivity index (χ2n) is 3.76. The lowest BCUT2D eigenvalue weighted by atomic mass is 9.93. The molecule has 1 unspecified atom stereocenters. The van der Waals surface area contributed by atoms with Gasteiger partial charge in [-0.2, -0.15) is 0 Å². The first-order valence-corrected chi connectivity index (χ1v) is 5.85. The van der Waals surface area contributed by atoms with Gasteiger partial charge in [-0.1, -0.05) is 23.2 Å². The first kappa shape index (κ1) is 13.5. The molecule has 0 aromatic heterocycles. The second kappa shape index (κ2) is 6.24.